The summed E-state index contributed by atoms with van der Waals surface area (Å²) in [6.45, 7) is 4.21. The maximum Gasteiger partial charge on any atom is 0.0670 e. The number of nitrogens with one attached hydrogen (secondary N) is 1. The Balaban J connectivity index is 2.18. The molecule has 0 aliphatic rings. The number of hydrazine groups is 1. The van der Waals surface area contributed by atoms with E-state index in [1.165, 1.54) is 28.2 Å². The molecule has 0 bridgehead atoms. The van der Waals surface area contributed by atoms with Crippen molar-refractivity contribution in [3.05, 3.63) is 46.0 Å². The van der Waals surface area contributed by atoms with E-state index in [2.05, 4.69) is 47.1 Å². The molecule has 1 aromatic heterocycles. The minimum absolute atomic E-state index is 0.0798. The molecule has 17 heavy (non-hydrogen) atoms. The van der Waals surface area contributed by atoms with Crippen molar-refractivity contribution in [2.75, 3.05) is 0 Å². The highest BCUT2D eigenvalue weighted by Crippen LogP contribution is 2.20. The van der Waals surface area contributed by atoms with Gasteiger partial charge in [0, 0.05) is 0 Å². The van der Waals surface area contributed by atoms with Crippen molar-refractivity contribution in [1.82, 2.24) is 15.0 Å². The summed E-state index contributed by atoms with van der Waals surface area (Å²) < 4.78 is 3.86. The van der Waals surface area contributed by atoms with Gasteiger partial charge in [-0.2, -0.15) is 0 Å². The summed E-state index contributed by atoms with van der Waals surface area (Å²) in [6, 6.07) is 6.62. The topological polar surface area (TPSA) is 63.8 Å². The maximum atomic E-state index is 5.59. The third-order valence-electron chi connectivity index (χ3n) is 2.64. The van der Waals surface area contributed by atoms with Crippen molar-refractivity contribution in [1.29, 1.82) is 0 Å². The third-order valence-corrected chi connectivity index (χ3v) is 3.42. The maximum absolute atomic E-state index is 5.59. The van der Waals surface area contributed by atoms with Crippen LogP contribution in [0, 0.1) is 13.8 Å². The summed E-state index contributed by atoms with van der Waals surface area (Å²) >= 11 is 1.38. The number of nitrogens with two attached hydrogens (primary N) is 1. The number of benzene rings is 1. The van der Waals surface area contributed by atoms with Gasteiger partial charge in [-0.05, 0) is 37.4 Å². The predicted molar refractivity (Wildman–Crippen MR) is 69.6 cm³/mol. The van der Waals surface area contributed by atoms with Crippen molar-refractivity contribution in [2.45, 2.75) is 26.3 Å². The van der Waals surface area contributed by atoms with E-state index in [0.29, 0.717) is 0 Å². The third kappa shape index (κ3) is 3.09. The van der Waals surface area contributed by atoms with Gasteiger partial charge in [-0.15, -0.1) is 5.10 Å². The molecule has 0 saturated carbocycles. The number of nitrogens with zero attached hydrogens (tertiary/aromatic N) is 2. The molecule has 1 unspecified atom stereocenters. The van der Waals surface area contributed by atoms with E-state index in [0.717, 1.165) is 11.3 Å². The molecule has 0 amide bonds. The van der Waals surface area contributed by atoms with E-state index < -0.39 is 0 Å². The van der Waals surface area contributed by atoms with Crippen LogP contribution >= 0.6 is 11.5 Å². The van der Waals surface area contributed by atoms with Crippen LogP contribution in [-0.2, 0) is 6.42 Å². The van der Waals surface area contributed by atoms with Gasteiger partial charge >= 0.3 is 0 Å². The first-order chi connectivity index (χ1) is 8.19. The average molecular weight is 248 g/mol. The Kier molecular flexibility index (Phi) is 3.83. The number of hydrogen-bond donors (Lipinski definition) is 2. The van der Waals surface area contributed by atoms with Crippen LogP contribution in [0.15, 0.2) is 24.4 Å². The zero-order valence-electron chi connectivity index (χ0n) is 9.97. The second-order valence-corrected chi connectivity index (χ2v) is 5.06. The van der Waals surface area contributed by atoms with Gasteiger partial charge in [0.15, 0.2) is 0 Å². The van der Waals surface area contributed by atoms with Crippen molar-refractivity contribution in [3.63, 3.8) is 0 Å². The lowest BCUT2D eigenvalue weighted by Crippen LogP contribution is -2.29. The number of aryl methyl sites for hydroxylation is 2. The summed E-state index contributed by atoms with van der Waals surface area (Å²) in [4.78, 5) is 1.06. The molecule has 2 aromatic rings. The fourth-order valence-electron chi connectivity index (χ4n) is 1.99. The van der Waals surface area contributed by atoms with E-state index in [9.17, 15) is 0 Å². The molecule has 1 atom stereocenters. The second kappa shape index (κ2) is 5.35. The molecule has 4 nitrogen and oxygen atoms in total. The summed E-state index contributed by atoms with van der Waals surface area (Å²) in [5.41, 5.74) is 6.65. The Bertz CT molecular complexity index is 461. The van der Waals surface area contributed by atoms with E-state index in [-0.39, 0.29) is 6.04 Å². The molecule has 5 heteroatoms. The molecular formula is C12H16N4S. The molecule has 90 valence electrons. The van der Waals surface area contributed by atoms with Gasteiger partial charge in [0.2, 0.25) is 0 Å². The number of rotatable bonds is 4. The van der Waals surface area contributed by atoms with Crippen LogP contribution in [0.1, 0.15) is 27.6 Å². The van der Waals surface area contributed by atoms with Crippen LogP contribution in [0.2, 0.25) is 0 Å². The average Bonchev–Trinajstić information content (AvgIpc) is 2.77. The van der Waals surface area contributed by atoms with Crippen molar-refractivity contribution >= 4 is 11.5 Å². The normalized spacial score (nSPS) is 12.6. The van der Waals surface area contributed by atoms with Crippen molar-refractivity contribution < 1.29 is 0 Å². The molecule has 0 radical (unpaired) electrons. The molecule has 0 saturated heterocycles. The van der Waals surface area contributed by atoms with Gasteiger partial charge < -0.3 is 0 Å². The Morgan fingerprint density at radius 3 is 2.53 bits per heavy atom. The Hall–Kier alpha value is -1.30. The van der Waals surface area contributed by atoms with Crippen LogP contribution in [0.3, 0.4) is 0 Å². The Labute approximate surface area is 105 Å². The quantitative estimate of drug-likeness (QED) is 0.641. The largest absolute Gasteiger partial charge is 0.271 e. The van der Waals surface area contributed by atoms with Gasteiger partial charge in [0.1, 0.15) is 0 Å². The first kappa shape index (κ1) is 12.2. The van der Waals surface area contributed by atoms with Gasteiger partial charge in [0.05, 0.1) is 17.1 Å². The summed E-state index contributed by atoms with van der Waals surface area (Å²) in [7, 11) is 0. The summed E-state index contributed by atoms with van der Waals surface area (Å²) in [5, 5.41) is 3.84. The Morgan fingerprint density at radius 2 is 2.00 bits per heavy atom. The van der Waals surface area contributed by atoms with Gasteiger partial charge in [-0.3, -0.25) is 11.3 Å². The highest BCUT2D eigenvalue weighted by Gasteiger charge is 2.13. The molecule has 2 rings (SSSR count). The van der Waals surface area contributed by atoms with Crippen molar-refractivity contribution in [3.8, 4) is 0 Å². The predicted octanol–water partition coefficient (Wildman–Crippen LogP) is 1.90. The molecule has 3 N–H and O–H groups in total. The number of aromatic nitrogens is 2. The lowest BCUT2D eigenvalue weighted by molar-refractivity contribution is 0.559. The minimum Gasteiger partial charge on any atom is -0.271 e. The SMILES string of the molecule is Cc1cc(C)cc(CC(NN)c2cnns2)c1. The van der Waals surface area contributed by atoms with Crippen LogP contribution in [-0.4, -0.2) is 9.59 Å². The lowest BCUT2D eigenvalue weighted by Gasteiger charge is -2.14. The van der Waals surface area contributed by atoms with Gasteiger partial charge in [-0.1, -0.05) is 33.8 Å². The van der Waals surface area contributed by atoms with E-state index in [1.54, 1.807) is 6.20 Å². The van der Waals surface area contributed by atoms with Crippen LogP contribution in [0.25, 0.3) is 0 Å². The second-order valence-electron chi connectivity index (χ2n) is 4.24. The highest BCUT2D eigenvalue weighted by molar-refractivity contribution is 7.05. The fraction of sp³-hybridized carbons (Fsp3) is 0.333. The molecule has 1 aromatic carbocycles. The highest BCUT2D eigenvalue weighted by atomic mass is 32.1. The standard InChI is InChI=1S/C12H16N4S/c1-8-3-9(2)5-10(4-8)6-11(15-13)12-7-14-16-17-12/h3-5,7,11,15H,6,13H2,1-2H3. The monoisotopic (exact) mass is 248 g/mol. The lowest BCUT2D eigenvalue weighted by atomic mass is 10.0. The minimum atomic E-state index is 0.0798. The molecule has 0 spiro atoms. The molecule has 0 fully saturated rings. The number of hydrogen-bond acceptors (Lipinski definition) is 5. The van der Waals surface area contributed by atoms with E-state index in [1.807, 2.05) is 0 Å². The smallest absolute Gasteiger partial charge is 0.0670 e. The van der Waals surface area contributed by atoms with Gasteiger partial charge in [0.25, 0.3) is 0 Å². The summed E-state index contributed by atoms with van der Waals surface area (Å²) in [5.74, 6) is 5.59. The zero-order valence-corrected chi connectivity index (χ0v) is 10.8. The fourth-order valence-corrected chi connectivity index (χ4v) is 2.55. The van der Waals surface area contributed by atoms with Crippen LogP contribution in [0.4, 0.5) is 0 Å². The molecule has 0 aliphatic heterocycles. The Morgan fingerprint density at radius 1 is 1.29 bits per heavy atom. The first-order valence-electron chi connectivity index (χ1n) is 5.49. The molecule has 0 aliphatic carbocycles. The molecule has 1 heterocycles. The molecular weight excluding hydrogens is 232 g/mol. The van der Waals surface area contributed by atoms with Crippen LogP contribution in [0.5, 0.6) is 0 Å². The zero-order chi connectivity index (χ0) is 12.3. The van der Waals surface area contributed by atoms with Gasteiger partial charge in [-0.25, -0.2) is 0 Å². The summed E-state index contributed by atoms with van der Waals surface area (Å²) in [6.07, 6.45) is 2.61. The van der Waals surface area contributed by atoms with Crippen molar-refractivity contribution in [2.24, 2.45) is 5.84 Å². The van der Waals surface area contributed by atoms with E-state index >= 15 is 0 Å². The van der Waals surface area contributed by atoms with Crippen LogP contribution < -0.4 is 11.3 Å². The first-order valence-corrected chi connectivity index (χ1v) is 6.27. The van der Waals surface area contributed by atoms with E-state index in [4.69, 9.17) is 5.84 Å².